The third-order valence-corrected chi connectivity index (χ3v) is 3.02. The molecule has 0 unspecified atom stereocenters. The van der Waals surface area contributed by atoms with Gasteiger partial charge in [-0.1, -0.05) is 30.3 Å². The Balaban J connectivity index is 2.37. The van der Waals surface area contributed by atoms with Crippen LogP contribution in [-0.2, 0) is 11.4 Å². The van der Waals surface area contributed by atoms with Crippen molar-refractivity contribution >= 4 is 11.8 Å². The third kappa shape index (κ3) is 3.69. The highest BCUT2D eigenvalue weighted by Gasteiger charge is 2.20. The second-order valence-electron chi connectivity index (χ2n) is 4.84. The number of ether oxygens (including phenoxy) is 2. The molecule has 5 heteroatoms. The van der Waals surface area contributed by atoms with E-state index >= 15 is 0 Å². The number of carbonyl (C=O) groups excluding carboxylic acids is 2. The Morgan fingerprint density at radius 3 is 2.36 bits per heavy atom. The van der Waals surface area contributed by atoms with E-state index in [2.05, 4.69) is 4.98 Å². The van der Waals surface area contributed by atoms with Gasteiger partial charge in [0, 0.05) is 13.1 Å². The maximum absolute atomic E-state index is 11.7. The first-order valence-corrected chi connectivity index (χ1v) is 6.84. The Kier molecular flexibility index (Phi) is 4.88. The number of aromatic nitrogens is 1. The summed E-state index contributed by atoms with van der Waals surface area (Å²) >= 11 is 0. The van der Waals surface area contributed by atoms with E-state index < -0.39 is 5.97 Å². The summed E-state index contributed by atoms with van der Waals surface area (Å²) in [5.74, 6) is -0.318. The summed E-state index contributed by atoms with van der Waals surface area (Å²) in [6.07, 6.45) is 1.39. The lowest BCUT2D eigenvalue weighted by molar-refractivity contribution is -0.132. The van der Waals surface area contributed by atoms with Crippen molar-refractivity contribution in [3.8, 4) is 11.5 Å². The number of carbonyl (C=O) groups is 2. The molecule has 5 nitrogen and oxygen atoms in total. The van der Waals surface area contributed by atoms with Gasteiger partial charge in [0.05, 0.1) is 11.3 Å². The highest BCUT2D eigenvalue weighted by molar-refractivity contribution is 5.98. The minimum atomic E-state index is -0.516. The molecule has 1 aromatic carbocycles. The topological polar surface area (TPSA) is 65.5 Å². The number of rotatable bonds is 5. The lowest BCUT2D eigenvalue weighted by Crippen LogP contribution is -2.10. The summed E-state index contributed by atoms with van der Waals surface area (Å²) in [6.45, 7) is 4.69. The number of nitrogens with zero attached hydrogens (tertiary/aromatic N) is 1. The predicted molar refractivity (Wildman–Crippen MR) is 81.1 cm³/mol. The molecule has 0 aliphatic heterocycles. The predicted octanol–water partition coefficient (Wildman–Crippen LogP) is 3.10. The molecule has 0 radical (unpaired) electrons. The van der Waals surface area contributed by atoms with Crippen molar-refractivity contribution in [2.45, 2.75) is 27.4 Å². The zero-order valence-corrected chi connectivity index (χ0v) is 12.8. The van der Waals surface area contributed by atoms with Crippen LogP contribution >= 0.6 is 0 Å². The van der Waals surface area contributed by atoms with Crippen molar-refractivity contribution in [2.75, 3.05) is 0 Å². The number of ketones is 1. The molecule has 0 spiro atoms. The molecule has 0 amide bonds. The molecule has 0 N–H and O–H groups in total. The van der Waals surface area contributed by atoms with Crippen molar-refractivity contribution in [3.05, 3.63) is 53.3 Å². The Hall–Kier alpha value is -2.69. The average Bonchev–Trinajstić information content (AvgIpc) is 2.47. The molecular formula is C17H17NO4. The summed E-state index contributed by atoms with van der Waals surface area (Å²) < 4.78 is 10.9. The molecule has 0 fully saturated rings. The Labute approximate surface area is 128 Å². The highest BCUT2D eigenvalue weighted by atomic mass is 16.6. The van der Waals surface area contributed by atoms with Gasteiger partial charge < -0.3 is 9.47 Å². The minimum absolute atomic E-state index is 0.128. The fourth-order valence-corrected chi connectivity index (χ4v) is 1.96. The van der Waals surface area contributed by atoms with Crippen LogP contribution in [0.15, 0.2) is 36.5 Å². The zero-order chi connectivity index (χ0) is 16.1. The van der Waals surface area contributed by atoms with E-state index in [-0.39, 0.29) is 17.1 Å². The minimum Gasteiger partial charge on any atom is -0.483 e. The SMILES string of the molecule is CC(=O)Oc1c(C(C)=O)cnc(C)c1OCc1ccccc1. The van der Waals surface area contributed by atoms with E-state index in [1.54, 1.807) is 6.92 Å². The monoisotopic (exact) mass is 299 g/mol. The molecule has 0 saturated carbocycles. The zero-order valence-electron chi connectivity index (χ0n) is 12.8. The molecule has 0 aliphatic carbocycles. The number of aryl methyl sites for hydroxylation is 1. The van der Waals surface area contributed by atoms with Crippen LogP contribution < -0.4 is 9.47 Å². The summed E-state index contributed by atoms with van der Waals surface area (Å²) in [5.41, 5.74) is 1.74. The molecular weight excluding hydrogens is 282 g/mol. The number of benzene rings is 1. The number of esters is 1. The van der Waals surface area contributed by atoms with Gasteiger partial charge in [0.15, 0.2) is 17.3 Å². The third-order valence-electron chi connectivity index (χ3n) is 3.02. The molecule has 22 heavy (non-hydrogen) atoms. The van der Waals surface area contributed by atoms with E-state index in [1.807, 2.05) is 30.3 Å². The van der Waals surface area contributed by atoms with Gasteiger partial charge in [-0.25, -0.2) is 0 Å². The van der Waals surface area contributed by atoms with E-state index in [0.717, 1.165) is 5.56 Å². The van der Waals surface area contributed by atoms with Gasteiger partial charge in [0.2, 0.25) is 0 Å². The Morgan fingerprint density at radius 1 is 1.09 bits per heavy atom. The largest absolute Gasteiger partial charge is 0.483 e. The Morgan fingerprint density at radius 2 is 1.77 bits per heavy atom. The maximum atomic E-state index is 11.7. The molecule has 0 bridgehead atoms. The number of Topliss-reactive ketones (excluding diaryl/α,β-unsaturated/α-hetero) is 1. The average molecular weight is 299 g/mol. The van der Waals surface area contributed by atoms with Crippen LogP contribution in [0, 0.1) is 6.92 Å². The van der Waals surface area contributed by atoms with Gasteiger partial charge in [-0.3, -0.25) is 14.6 Å². The Bertz CT molecular complexity index is 695. The summed E-state index contributed by atoms with van der Waals surface area (Å²) in [4.78, 5) is 27.2. The van der Waals surface area contributed by atoms with Crippen LogP contribution in [0.4, 0.5) is 0 Å². The van der Waals surface area contributed by atoms with Crippen LogP contribution in [0.1, 0.15) is 35.5 Å². The van der Waals surface area contributed by atoms with E-state index in [9.17, 15) is 9.59 Å². The number of hydrogen-bond acceptors (Lipinski definition) is 5. The van der Waals surface area contributed by atoms with Gasteiger partial charge in [-0.15, -0.1) is 0 Å². The van der Waals surface area contributed by atoms with E-state index in [4.69, 9.17) is 9.47 Å². The number of hydrogen-bond donors (Lipinski definition) is 0. The van der Waals surface area contributed by atoms with Crippen molar-refractivity contribution in [3.63, 3.8) is 0 Å². The summed E-state index contributed by atoms with van der Waals surface area (Å²) in [7, 11) is 0. The molecule has 2 aromatic rings. The van der Waals surface area contributed by atoms with Crippen molar-refractivity contribution in [1.82, 2.24) is 4.98 Å². The molecule has 0 saturated heterocycles. The first-order chi connectivity index (χ1) is 10.5. The summed E-state index contributed by atoms with van der Waals surface area (Å²) in [6, 6.07) is 9.56. The van der Waals surface area contributed by atoms with Crippen molar-refractivity contribution < 1.29 is 19.1 Å². The van der Waals surface area contributed by atoms with Crippen LogP contribution in [0.2, 0.25) is 0 Å². The van der Waals surface area contributed by atoms with E-state index in [1.165, 1.54) is 20.0 Å². The highest BCUT2D eigenvalue weighted by Crippen LogP contribution is 2.34. The molecule has 1 heterocycles. The standard InChI is InChI=1S/C17H17NO4/c1-11-16(21-10-14-7-5-4-6-8-14)17(22-13(3)20)15(9-18-11)12(2)19/h4-9H,10H2,1-3H3. The first-order valence-electron chi connectivity index (χ1n) is 6.84. The molecule has 114 valence electrons. The molecule has 1 aromatic heterocycles. The molecule has 0 aliphatic rings. The van der Waals surface area contributed by atoms with Crippen LogP contribution in [0.3, 0.4) is 0 Å². The van der Waals surface area contributed by atoms with Crippen molar-refractivity contribution in [1.29, 1.82) is 0 Å². The van der Waals surface area contributed by atoms with Crippen molar-refractivity contribution in [2.24, 2.45) is 0 Å². The van der Waals surface area contributed by atoms with E-state index in [0.29, 0.717) is 18.1 Å². The van der Waals surface area contributed by atoms with Gasteiger partial charge >= 0.3 is 5.97 Å². The first kappa shape index (κ1) is 15.7. The lowest BCUT2D eigenvalue weighted by Gasteiger charge is -2.15. The summed E-state index contributed by atoms with van der Waals surface area (Å²) in [5, 5.41) is 0. The second-order valence-corrected chi connectivity index (χ2v) is 4.84. The van der Waals surface area contributed by atoms with Gasteiger partial charge in [-0.05, 0) is 19.4 Å². The number of pyridine rings is 1. The fourth-order valence-electron chi connectivity index (χ4n) is 1.96. The lowest BCUT2D eigenvalue weighted by atomic mass is 10.1. The second kappa shape index (κ2) is 6.85. The molecule has 0 atom stereocenters. The molecule has 2 rings (SSSR count). The van der Waals surface area contributed by atoms with Gasteiger partial charge in [-0.2, -0.15) is 0 Å². The van der Waals surface area contributed by atoms with Gasteiger partial charge in [0.1, 0.15) is 6.61 Å². The fraction of sp³-hybridized carbons (Fsp3) is 0.235. The normalized spacial score (nSPS) is 10.1. The van der Waals surface area contributed by atoms with Crippen LogP contribution in [-0.4, -0.2) is 16.7 Å². The quantitative estimate of drug-likeness (QED) is 0.627. The van der Waals surface area contributed by atoms with Crippen LogP contribution in [0.5, 0.6) is 11.5 Å². The van der Waals surface area contributed by atoms with Gasteiger partial charge in [0.25, 0.3) is 0 Å². The smallest absolute Gasteiger partial charge is 0.308 e. The van der Waals surface area contributed by atoms with Crippen LogP contribution in [0.25, 0.3) is 0 Å². The maximum Gasteiger partial charge on any atom is 0.308 e.